The first kappa shape index (κ1) is 14.3. The Kier molecular flexibility index (Phi) is 4.20. The van der Waals surface area contributed by atoms with Gasteiger partial charge < -0.3 is 10.1 Å². The van der Waals surface area contributed by atoms with E-state index in [2.05, 4.69) is 15.3 Å². The molecule has 0 atom stereocenters. The van der Waals surface area contributed by atoms with E-state index >= 15 is 0 Å². The van der Waals surface area contributed by atoms with Crippen LogP contribution in [-0.2, 0) is 0 Å². The van der Waals surface area contributed by atoms with Crippen molar-refractivity contribution in [3.8, 4) is 6.01 Å². The molecule has 20 heavy (non-hydrogen) atoms. The minimum absolute atomic E-state index is 0.274. The molecule has 5 nitrogen and oxygen atoms in total. The highest BCUT2D eigenvalue weighted by atomic mass is 35.5. The fraction of sp³-hybridized carbons (Fsp3) is 0.214. The summed E-state index contributed by atoms with van der Waals surface area (Å²) in [7, 11) is 1.50. The summed E-state index contributed by atoms with van der Waals surface area (Å²) < 4.78 is 4.98. The van der Waals surface area contributed by atoms with Crippen LogP contribution in [0.1, 0.15) is 21.7 Å². The van der Waals surface area contributed by atoms with Crippen LogP contribution >= 0.6 is 11.6 Å². The van der Waals surface area contributed by atoms with Gasteiger partial charge in [-0.05, 0) is 26.0 Å². The summed E-state index contributed by atoms with van der Waals surface area (Å²) in [6.45, 7) is 3.55. The highest BCUT2D eigenvalue weighted by Gasteiger charge is 2.15. The number of aryl methyl sites for hydroxylation is 2. The first-order valence-electron chi connectivity index (χ1n) is 5.98. The number of rotatable bonds is 3. The fourth-order valence-corrected chi connectivity index (χ4v) is 2.01. The Bertz CT molecular complexity index is 636. The third-order valence-electron chi connectivity index (χ3n) is 2.79. The Morgan fingerprint density at radius 3 is 2.35 bits per heavy atom. The van der Waals surface area contributed by atoms with E-state index in [1.165, 1.54) is 7.11 Å². The van der Waals surface area contributed by atoms with Crippen LogP contribution in [0.15, 0.2) is 24.3 Å². The van der Waals surface area contributed by atoms with Crippen LogP contribution in [0.4, 0.5) is 5.69 Å². The van der Waals surface area contributed by atoms with Crippen molar-refractivity contribution in [3.63, 3.8) is 0 Å². The Morgan fingerprint density at radius 1 is 1.20 bits per heavy atom. The van der Waals surface area contributed by atoms with Crippen molar-refractivity contribution in [2.24, 2.45) is 0 Å². The summed E-state index contributed by atoms with van der Waals surface area (Å²) in [4.78, 5) is 20.5. The molecule has 0 bridgehead atoms. The van der Waals surface area contributed by atoms with Crippen LogP contribution in [0.25, 0.3) is 0 Å². The van der Waals surface area contributed by atoms with Gasteiger partial charge in [0.1, 0.15) is 0 Å². The van der Waals surface area contributed by atoms with Gasteiger partial charge in [-0.25, -0.2) is 0 Å². The molecule has 0 saturated heterocycles. The normalized spacial score (nSPS) is 10.2. The van der Waals surface area contributed by atoms with Crippen molar-refractivity contribution >= 4 is 23.2 Å². The number of amides is 1. The van der Waals surface area contributed by atoms with Crippen molar-refractivity contribution in [2.45, 2.75) is 13.8 Å². The number of nitrogens with one attached hydrogen (secondary N) is 1. The van der Waals surface area contributed by atoms with Gasteiger partial charge in [0.25, 0.3) is 5.91 Å². The number of nitrogens with zero attached hydrogens (tertiary/aromatic N) is 2. The summed E-state index contributed by atoms with van der Waals surface area (Å²) in [6.07, 6.45) is 0. The number of carbonyl (C=O) groups excluding carboxylic acids is 1. The standard InChI is InChI=1S/C14H14ClN3O2/c1-8-12(9(2)17-14(16-8)20-3)18-13(19)10-6-4-5-7-11(10)15/h4-7H,1-3H3,(H,18,19). The van der Waals surface area contributed by atoms with Gasteiger partial charge in [-0.15, -0.1) is 0 Å². The van der Waals surface area contributed by atoms with Crippen LogP contribution in [0.2, 0.25) is 5.02 Å². The van der Waals surface area contributed by atoms with E-state index in [1.54, 1.807) is 38.1 Å². The van der Waals surface area contributed by atoms with Gasteiger partial charge in [-0.3, -0.25) is 4.79 Å². The zero-order chi connectivity index (χ0) is 14.7. The fourth-order valence-electron chi connectivity index (χ4n) is 1.78. The molecule has 0 fully saturated rings. The molecule has 1 aromatic carbocycles. The number of benzene rings is 1. The monoisotopic (exact) mass is 291 g/mol. The number of halogens is 1. The first-order valence-corrected chi connectivity index (χ1v) is 6.36. The molecule has 6 heteroatoms. The average Bonchev–Trinajstić information content (AvgIpc) is 2.42. The van der Waals surface area contributed by atoms with Gasteiger partial charge in [0.15, 0.2) is 0 Å². The molecule has 0 spiro atoms. The van der Waals surface area contributed by atoms with E-state index in [0.29, 0.717) is 27.7 Å². The van der Waals surface area contributed by atoms with Gasteiger partial charge in [0, 0.05) is 0 Å². The van der Waals surface area contributed by atoms with E-state index in [0.717, 1.165) is 0 Å². The SMILES string of the molecule is COc1nc(C)c(NC(=O)c2ccccc2Cl)c(C)n1. The topological polar surface area (TPSA) is 64.1 Å². The lowest BCUT2D eigenvalue weighted by atomic mass is 10.2. The second-order valence-electron chi connectivity index (χ2n) is 4.19. The molecule has 2 aromatic rings. The largest absolute Gasteiger partial charge is 0.467 e. The van der Waals surface area contributed by atoms with E-state index < -0.39 is 0 Å². The Labute approximate surface area is 122 Å². The summed E-state index contributed by atoms with van der Waals surface area (Å²) in [5.41, 5.74) is 2.24. The summed E-state index contributed by atoms with van der Waals surface area (Å²) in [5.74, 6) is -0.296. The number of carbonyl (C=O) groups is 1. The molecule has 1 amide bonds. The van der Waals surface area contributed by atoms with Gasteiger partial charge in [0.05, 0.1) is 34.8 Å². The van der Waals surface area contributed by atoms with E-state index in [-0.39, 0.29) is 11.9 Å². The predicted molar refractivity (Wildman–Crippen MR) is 77.5 cm³/mol. The molecule has 0 aliphatic heterocycles. The Hall–Kier alpha value is -2.14. The molecule has 2 rings (SSSR count). The third kappa shape index (κ3) is 2.88. The molecule has 0 radical (unpaired) electrons. The van der Waals surface area contributed by atoms with Gasteiger partial charge in [-0.2, -0.15) is 9.97 Å². The average molecular weight is 292 g/mol. The van der Waals surface area contributed by atoms with E-state index in [9.17, 15) is 4.79 Å². The number of hydrogen-bond acceptors (Lipinski definition) is 4. The Balaban J connectivity index is 2.31. The number of methoxy groups -OCH3 is 1. The highest BCUT2D eigenvalue weighted by molar-refractivity contribution is 6.34. The maximum Gasteiger partial charge on any atom is 0.316 e. The molecule has 0 aliphatic carbocycles. The molecule has 0 saturated carbocycles. The van der Waals surface area contributed by atoms with Crippen molar-refractivity contribution < 1.29 is 9.53 Å². The zero-order valence-corrected chi connectivity index (χ0v) is 12.2. The minimum atomic E-state index is -0.296. The lowest BCUT2D eigenvalue weighted by Crippen LogP contribution is -2.15. The summed E-state index contributed by atoms with van der Waals surface area (Å²) in [6, 6.07) is 7.13. The van der Waals surface area contributed by atoms with Crippen LogP contribution in [-0.4, -0.2) is 23.0 Å². The minimum Gasteiger partial charge on any atom is -0.467 e. The van der Waals surface area contributed by atoms with Gasteiger partial charge in [-0.1, -0.05) is 23.7 Å². The molecule has 0 unspecified atom stereocenters. The maximum absolute atomic E-state index is 12.2. The van der Waals surface area contributed by atoms with E-state index in [4.69, 9.17) is 16.3 Å². The molecule has 0 aliphatic rings. The molecule has 104 valence electrons. The van der Waals surface area contributed by atoms with Crippen molar-refractivity contribution in [1.29, 1.82) is 0 Å². The number of hydrogen-bond donors (Lipinski definition) is 1. The predicted octanol–water partition coefficient (Wildman–Crippen LogP) is 3.01. The second kappa shape index (κ2) is 5.88. The highest BCUT2D eigenvalue weighted by Crippen LogP contribution is 2.22. The van der Waals surface area contributed by atoms with Crippen molar-refractivity contribution in [3.05, 3.63) is 46.2 Å². The molecule has 1 aromatic heterocycles. The molecular formula is C14H14ClN3O2. The number of aromatic nitrogens is 2. The quantitative estimate of drug-likeness (QED) is 0.944. The van der Waals surface area contributed by atoms with Crippen LogP contribution in [0.3, 0.4) is 0 Å². The lowest BCUT2D eigenvalue weighted by Gasteiger charge is -2.12. The molecule has 1 N–H and O–H groups in total. The van der Waals surface area contributed by atoms with Gasteiger partial charge in [0.2, 0.25) is 0 Å². The zero-order valence-electron chi connectivity index (χ0n) is 11.4. The molecular weight excluding hydrogens is 278 g/mol. The van der Waals surface area contributed by atoms with Crippen molar-refractivity contribution in [1.82, 2.24) is 9.97 Å². The van der Waals surface area contributed by atoms with Crippen LogP contribution in [0, 0.1) is 13.8 Å². The van der Waals surface area contributed by atoms with Crippen LogP contribution < -0.4 is 10.1 Å². The summed E-state index contributed by atoms with van der Waals surface area (Å²) >= 11 is 6.00. The van der Waals surface area contributed by atoms with Gasteiger partial charge >= 0.3 is 6.01 Å². The number of anilines is 1. The van der Waals surface area contributed by atoms with E-state index in [1.807, 2.05) is 0 Å². The Morgan fingerprint density at radius 2 is 1.80 bits per heavy atom. The van der Waals surface area contributed by atoms with Crippen LogP contribution in [0.5, 0.6) is 6.01 Å². The third-order valence-corrected chi connectivity index (χ3v) is 3.12. The van der Waals surface area contributed by atoms with Crippen molar-refractivity contribution in [2.75, 3.05) is 12.4 Å². The lowest BCUT2D eigenvalue weighted by molar-refractivity contribution is 0.102. The molecule has 1 heterocycles. The first-order chi connectivity index (χ1) is 9.52. The maximum atomic E-state index is 12.2. The smallest absolute Gasteiger partial charge is 0.316 e. The summed E-state index contributed by atoms with van der Waals surface area (Å²) in [5, 5.41) is 3.18. The number of ether oxygens (including phenoxy) is 1. The second-order valence-corrected chi connectivity index (χ2v) is 4.60.